The van der Waals surface area contributed by atoms with Crippen molar-refractivity contribution < 1.29 is 19.1 Å². The highest BCUT2D eigenvalue weighted by molar-refractivity contribution is 7.12. The summed E-state index contributed by atoms with van der Waals surface area (Å²) in [6.45, 7) is 4.47. The first kappa shape index (κ1) is 18.3. The highest BCUT2D eigenvalue weighted by atomic mass is 32.1. The van der Waals surface area contributed by atoms with Crippen LogP contribution >= 0.6 is 11.3 Å². The van der Waals surface area contributed by atoms with E-state index in [0.717, 1.165) is 0 Å². The molecule has 138 valence electrons. The van der Waals surface area contributed by atoms with E-state index in [2.05, 4.69) is 10.6 Å². The predicted octanol–water partition coefficient (Wildman–Crippen LogP) is 2.46. The Balaban J connectivity index is 1.54. The number of amides is 2. The van der Waals surface area contributed by atoms with E-state index in [1.807, 2.05) is 49.6 Å². The van der Waals surface area contributed by atoms with Gasteiger partial charge in [-0.1, -0.05) is 32.0 Å². The van der Waals surface area contributed by atoms with Crippen LogP contribution in [0.1, 0.15) is 23.5 Å². The Bertz CT molecular complexity index is 761. The third kappa shape index (κ3) is 4.35. The smallest absolute Gasteiger partial charge is 0.262 e. The molecule has 2 N–H and O–H groups in total. The molecule has 7 heteroatoms. The topological polar surface area (TPSA) is 76.7 Å². The van der Waals surface area contributed by atoms with Gasteiger partial charge < -0.3 is 20.1 Å². The maximum atomic E-state index is 12.6. The third-order valence-corrected chi connectivity index (χ3v) is 4.92. The molecular weight excluding hydrogens is 352 g/mol. The van der Waals surface area contributed by atoms with Crippen LogP contribution in [0.15, 0.2) is 41.8 Å². The molecule has 2 aromatic rings. The average molecular weight is 374 g/mol. The highest BCUT2D eigenvalue weighted by Gasteiger charge is 2.27. The molecule has 2 heterocycles. The van der Waals surface area contributed by atoms with E-state index in [0.29, 0.717) is 29.5 Å². The van der Waals surface area contributed by atoms with Crippen molar-refractivity contribution in [1.29, 1.82) is 0 Å². The summed E-state index contributed by atoms with van der Waals surface area (Å²) in [5.74, 6) is 0.873. The highest BCUT2D eigenvalue weighted by Crippen LogP contribution is 2.30. The number of carbonyl (C=O) groups is 2. The van der Waals surface area contributed by atoms with E-state index in [-0.39, 0.29) is 23.8 Å². The number of hydrogen-bond acceptors (Lipinski definition) is 5. The van der Waals surface area contributed by atoms with Crippen molar-refractivity contribution >= 4 is 23.2 Å². The number of carbonyl (C=O) groups excluding carboxylic acids is 2. The molecule has 0 saturated heterocycles. The second kappa shape index (κ2) is 8.23. The Morgan fingerprint density at radius 3 is 2.65 bits per heavy atom. The standard InChI is InChI=1S/C19H22N2O4S/c1-12(2)17(21-18(22)16-8-5-9-26-16)19(23)20-10-13-11-24-14-6-3-4-7-15(14)25-13/h3-9,12-13,17H,10-11H2,1-2H3,(H,20,23)(H,21,22). The number of ether oxygens (including phenoxy) is 2. The van der Waals surface area contributed by atoms with Gasteiger partial charge in [0.15, 0.2) is 11.5 Å². The van der Waals surface area contributed by atoms with Gasteiger partial charge in [-0.15, -0.1) is 11.3 Å². The van der Waals surface area contributed by atoms with Crippen molar-refractivity contribution in [3.05, 3.63) is 46.7 Å². The molecule has 1 aromatic carbocycles. The SMILES string of the molecule is CC(C)C(NC(=O)c1cccs1)C(=O)NCC1COc2ccccc2O1. The first-order valence-corrected chi connectivity index (χ1v) is 9.43. The van der Waals surface area contributed by atoms with Crippen molar-refractivity contribution in [2.24, 2.45) is 5.92 Å². The lowest BCUT2D eigenvalue weighted by atomic mass is 10.0. The number of benzene rings is 1. The fourth-order valence-corrected chi connectivity index (χ4v) is 3.27. The fraction of sp³-hybridized carbons (Fsp3) is 0.368. The number of nitrogens with one attached hydrogen (secondary N) is 2. The van der Waals surface area contributed by atoms with Crippen molar-refractivity contribution in [2.75, 3.05) is 13.2 Å². The Morgan fingerprint density at radius 1 is 1.19 bits per heavy atom. The molecule has 2 amide bonds. The maximum absolute atomic E-state index is 12.6. The second-order valence-corrected chi connectivity index (χ2v) is 7.36. The van der Waals surface area contributed by atoms with Crippen LogP contribution < -0.4 is 20.1 Å². The zero-order chi connectivity index (χ0) is 18.5. The van der Waals surface area contributed by atoms with Crippen molar-refractivity contribution in [2.45, 2.75) is 26.0 Å². The van der Waals surface area contributed by atoms with E-state index in [1.54, 1.807) is 6.07 Å². The lowest BCUT2D eigenvalue weighted by Gasteiger charge is -2.28. The molecule has 0 spiro atoms. The van der Waals surface area contributed by atoms with Gasteiger partial charge >= 0.3 is 0 Å². The summed E-state index contributed by atoms with van der Waals surface area (Å²) >= 11 is 1.35. The van der Waals surface area contributed by atoms with Gasteiger partial charge in [-0.25, -0.2) is 0 Å². The Hall–Kier alpha value is -2.54. The minimum absolute atomic E-state index is 0.0387. The van der Waals surface area contributed by atoms with Gasteiger partial charge in [-0.2, -0.15) is 0 Å². The summed E-state index contributed by atoms with van der Waals surface area (Å²) in [6, 6.07) is 10.4. The molecule has 0 aliphatic carbocycles. The third-order valence-electron chi connectivity index (χ3n) is 4.05. The van der Waals surface area contributed by atoms with Crippen molar-refractivity contribution in [3.8, 4) is 11.5 Å². The Labute approximate surface area is 156 Å². The van der Waals surface area contributed by atoms with E-state index >= 15 is 0 Å². The molecule has 1 aliphatic heterocycles. The molecule has 6 nitrogen and oxygen atoms in total. The zero-order valence-electron chi connectivity index (χ0n) is 14.7. The maximum Gasteiger partial charge on any atom is 0.262 e. The van der Waals surface area contributed by atoms with Gasteiger partial charge in [-0.05, 0) is 29.5 Å². The summed E-state index contributed by atoms with van der Waals surface area (Å²) in [5.41, 5.74) is 0. The zero-order valence-corrected chi connectivity index (χ0v) is 15.5. The summed E-state index contributed by atoms with van der Waals surface area (Å²) in [7, 11) is 0. The van der Waals surface area contributed by atoms with Gasteiger partial charge in [-0.3, -0.25) is 9.59 Å². The number of hydrogen-bond donors (Lipinski definition) is 2. The van der Waals surface area contributed by atoms with Gasteiger partial charge in [0.05, 0.1) is 11.4 Å². The Kier molecular flexibility index (Phi) is 5.78. The van der Waals surface area contributed by atoms with E-state index in [1.165, 1.54) is 11.3 Å². The predicted molar refractivity (Wildman–Crippen MR) is 99.8 cm³/mol. The molecule has 1 aromatic heterocycles. The van der Waals surface area contributed by atoms with Crippen LogP contribution in [-0.2, 0) is 4.79 Å². The normalized spacial score (nSPS) is 16.8. The van der Waals surface area contributed by atoms with Crippen LogP contribution in [0.5, 0.6) is 11.5 Å². The van der Waals surface area contributed by atoms with Crippen molar-refractivity contribution in [3.63, 3.8) is 0 Å². The lowest BCUT2D eigenvalue weighted by molar-refractivity contribution is -0.124. The summed E-state index contributed by atoms with van der Waals surface area (Å²) in [6.07, 6.45) is -0.269. The molecule has 2 unspecified atom stereocenters. The summed E-state index contributed by atoms with van der Waals surface area (Å²) < 4.78 is 11.5. The average Bonchev–Trinajstić information content (AvgIpc) is 3.18. The molecule has 2 atom stereocenters. The number of fused-ring (bicyclic) bond motifs is 1. The number of thiophene rings is 1. The van der Waals surface area contributed by atoms with Crippen LogP contribution in [0.25, 0.3) is 0 Å². The van der Waals surface area contributed by atoms with E-state index < -0.39 is 6.04 Å². The molecule has 1 aliphatic rings. The first-order valence-electron chi connectivity index (χ1n) is 8.55. The van der Waals surface area contributed by atoms with Crippen molar-refractivity contribution in [1.82, 2.24) is 10.6 Å². The van der Waals surface area contributed by atoms with Crippen LogP contribution in [0.2, 0.25) is 0 Å². The molecule has 0 saturated carbocycles. The van der Waals surface area contributed by atoms with Crippen LogP contribution in [0.3, 0.4) is 0 Å². The minimum atomic E-state index is -0.610. The van der Waals surface area contributed by atoms with Crippen LogP contribution in [-0.4, -0.2) is 37.1 Å². The minimum Gasteiger partial charge on any atom is -0.486 e. The Morgan fingerprint density at radius 2 is 1.96 bits per heavy atom. The molecule has 0 fully saturated rings. The fourth-order valence-electron chi connectivity index (χ4n) is 2.64. The second-order valence-electron chi connectivity index (χ2n) is 6.42. The van der Waals surface area contributed by atoms with Gasteiger partial charge in [0.1, 0.15) is 18.8 Å². The lowest BCUT2D eigenvalue weighted by Crippen LogP contribution is -2.52. The van der Waals surface area contributed by atoms with E-state index in [9.17, 15) is 9.59 Å². The largest absolute Gasteiger partial charge is 0.486 e. The monoisotopic (exact) mass is 374 g/mol. The molecular formula is C19H22N2O4S. The quantitative estimate of drug-likeness (QED) is 0.814. The van der Waals surface area contributed by atoms with Gasteiger partial charge in [0.2, 0.25) is 5.91 Å². The van der Waals surface area contributed by atoms with Gasteiger partial charge in [0.25, 0.3) is 5.91 Å². The molecule has 3 rings (SSSR count). The van der Waals surface area contributed by atoms with Crippen LogP contribution in [0.4, 0.5) is 0 Å². The molecule has 0 radical (unpaired) electrons. The van der Waals surface area contributed by atoms with Crippen LogP contribution in [0, 0.1) is 5.92 Å². The van der Waals surface area contributed by atoms with Gasteiger partial charge in [0, 0.05) is 0 Å². The molecule has 26 heavy (non-hydrogen) atoms. The molecule has 0 bridgehead atoms. The summed E-state index contributed by atoms with van der Waals surface area (Å²) in [5, 5.41) is 7.50. The number of para-hydroxylation sites is 2. The number of rotatable bonds is 6. The van der Waals surface area contributed by atoms with E-state index in [4.69, 9.17) is 9.47 Å². The summed E-state index contributed by atoms with van der Waals surface area (Å²) in [4.78, 5) is 25.4. The first-order chi connectivity index (χ1) is 12.5.